The number of carbonyl (C=O) groups excluding carboxylic acids is 1. The van der Waals surface area contributed by atoms with Crippen molar-refractivity contribution in [1.82, 2.24) is 10.3 Å². The molecular formula is C24H20N2O3S. The van der Waals surface area contributed by atoms with Crippen LogP contribution < -0.4 is 5.32 Å². The number of fused-ring (bicyclic) bond motifs is 1. The average molecular weight is 417 g/mol. The van der Waals surface area contributed by atoms with Crippen LogP contribution >= 0.6 is 11.3 Å². The summed E-state index contributed by atoms with van der Waals surface area (Å²) < 4.78 is 1.06. The molecule has 0 aliphatic heterocycles. The summed E-state index contributed by atoms with van der Waals surface area (Å²) in [6, 6.07) is 23.6. The Labute approximate surface area is 178 Å². The van der Waals surface area contributed by atoms with Crippen molar-refractivity contribution in [2.75, 3.05) is 0 Å². The van der Waals surface area contributed by atoms with Gasteiger partial charge in [-0.1, -0.05) is 60.7 Å². The van der Waals surface area contributed by atoms with Gasteiger partial charge in [-0.2, -0.15) is 0 Å². The normalized spacial score (nSPS) is 10.8. The highest BCUT2D eigenvalue weighted by molar-refractivity contribution is 7.18. The molecule has 4 aromatic rings. The van der Waals surface area contributed by atoms with E-state index in [1.807, 2.05) is 36.4 Å². The molecule has 0 unspecified atom stereocenters. The summed E-state index contributed by atoms with van der Waals surface area (Å²) in [6.45, 7) is 0.356. The van der Waals surface area contributed by atoms with E-state index in [9.17, 15) is 9.59 Å². The Morgan fingerprint density at radius 3 is 2.47 bits per heavy atom. The number of rotatable bonds is 7. The van der Waals surface area contributed by atoms with Crippen LogP contribution in [-0.4, -0.2) is 22.0 Å². The van der Waals surface area contributed by atoms with Crippen molar-refractivity contribution in [2.45, 2.75) is 19.4 Å². The van der Waals surface area contributed by atoms with Crippen molar-refractivity contribution < 1.29 is 14.7 Å². The maximum Gasteiger partial charge on any atom is 0.307 e. The fourth-order valence-corrected chi connectivity index (χ4v) is 4.29. The number of nitrogens with one attached hydrogen (secondary N) is 1. The van der Waals surface area contributed by atoms with Crippen LogP contribution in [0.4, 0.5) is 0 Å². The maximum absolute atomic E-state index is 12.4. The second-order valence-corrected chi connectivity index (χ2v) is 8.12. The van der Waals surface area contributed by atoms with Crippen molar-refractivity contribution in [3.8, 4) is 11.1 Å². The number of hydrogen-bond acceptors (Lipinski definition) is 4. The van der Waals surface area contributed by atoms with Gasteiger partial charge in [-0.25, -0.2) is 4.98 Å². The Kier molecular flexibility index (Phi) is 5.86. The first kappa shape index (κ1) is 19.8. The summed E-state index contributed by atoms with van der Waals surface area (Å²) in [5, 5.41) is 12.6. The fourth-order valence-electron chi connectivity index (χ4n) is 3.28. The van der Waals surface area contributed by atoms with E-state index in [-0.39, 0.29) is 18.7 Å². The number of carboxylic acids is 1. The molecule has 30 heavy (non-hydrogen) atoms. The van der Waals surface area contributed by atoms with Gasteiger partial charge >= 0.3 is 5.97 Å². The molecule has 0 saturated heterocycles. The predicted molar refractivity (Wildman–Crippen MR) is 118 cm³/mol. The smallest absolute Gasteiger partial charge is 0.307 e. The fraction of sp³-hybridized carbons (Fsp3) is 0.125. The number of hydrogen-bond donors (Lipinski definition) is 2. The largest absolute Gasteiger partial charge is 0.481 e. The lowest BCUT2D eigenvalue weighted by molar-refractivity contribution is -0.136. The molecule has 6 heteroatoms. The second-order valence-electron chi connectivity index (χ2n) is 7.00. The summed E-state index contributed by atoms with van der Waals surface area (Å²) in [6.07, 6.45) is 0.188. The number of nitrogens with zero attached hydrogens (tertiary/aromatic N) is 1. The van der Waals surface area contributed by atoms with Crippen LogP contribution in [0.15, 0.2) is 72.8 Å². The zero-order valence-corrected chi connectivity index (χ0v) is 17.0. The molecule has 1 amide bonds. The number of benzene rings is 3. The van der Waals surface area contributed by atoms with E-state index in [0.29, 0.717) is 6.54 Å². The molecule has 3 aromatic carbocycles. The summed E-state index contributed by atoms with van der Waals surface area (Å²) in [4.78, 5) is 27.8. The van der Waals surface area contributed by atoms with Gasteiger partial charge < -0.3 is 10.4 Å². The van der Waals surface area contributed by atoms with Crippen LogP contribution in [0, 0.1) is 0 Å². The van der Waals surface area contributed by atoms with Crippen molar-refractivity contribution >= 4 is 33.4 Å². The molecule has 0 aliphatic carbocycles. The molecule has 0 spiro atoms. The summed E-state index contributed by atoms with van der Waals surface area (Å²) >= 11 is 1.53. The van der Waals surface area contributed by atoms with E-state index < -0.39 is 5.97 Å². The van der Waals surface area contributed by atoms with E-state index in [1.165, 1.54) is 11.3 Å². The topological polar surface area (TPSA) is 79.3 Å². The van der Waals surface area contributed by atoms with E-state index in [2.05, 4.69) is 28.5 Å². The Bertz CT molecular complexity index is 1200. The molecule has 150 valence electrons. The van der Waals surface area contributed by atoms with Gasteiger partial charge in [-0.05, 0) is 34.4 Å². The van der Waals surface area contributed by atoms with Gasteiger partial charge in [0.15, 0.2) is 0 Å². The molecular weight excluding hydrogens is 396 g/mol. The highest BCUT2D eigenvalue weighted by Gasteiger charge is 2.10. The van der Waals surface area contributed by atoms with Crippen LogP contribution in [0.5, 0.6) is 0 Å². The van der Waals surface area contributed by atoms with E-state index >= 15 is 0 Å². The third-order valence-corrected chi connectivity index (χ3v) is 5.71. The van der Waals surface area contributed by atoms with Crippen molar-refractivity contribution in [3.63, 3.8) is 0 Å². The number of carbonyl (C=O) groups is 2. The molecule has 1 heterocycles. The minimum Gasteiger partial charge on any atom is -0.481 e. The van der Waals surface area contributed by atoms with Gasteiger partial charge in [0.2, 0.25) is 5.91 Å². The zero-order valence-electron chi connectivity index (χ0n) is 16.2. The SMILES string of the molecule is O=C(O)Cc1cccc(CNC(=O)Cc2nc3ccc(-c4ccccc4)cc3s2)c1. The molecule has 0 bridgehead atoms. The Morgan fingerprint density at radius 2 is 1.67 bits per heavy atom. The summed E-state index contributed by atoms with van der Waals surface area (Å²) in [5.41, 5.74) is 4.76. The first-order chi connectivity index (χ1) is 14.6. The third kappa shape index (κ3) is 4.90. The number of aliphatic carboxylic acids is 1. The molecule has 0 radical (unpaired) electrons. The zero-order chi connectivity index (χ0) is 20.9. The molecule has 2 N–H and O–H groups in total. The van der Waals surface area contributed by atoms with E-state index in [1.54, 1.807) is 18.2 Å². The van der Waals surface area contributed by atoms with Gasteiger partial charge in [0.1, 0.15) is 5.01 Å². The molecule has 4 rings (SSSR count). The minimum atomic E-state index is -0.873. The summed E-state index contributed by atoms with van der Waals surface area (Å²) in [7, 11) is 0. The Morgan fingerprint density at radius 1 is 0.867 bits per heavy atom. The lowest BCUT2D eigenvalue weighted by atomic mass is 10.1. The van der Waals surface area contributed by atoms with Gasteiger partial charge in [0.05, 0.1) is 23.1 Å². The van der Waals surface area contributed by atoms with Crippen LogP contribution in [0.3, 0.4) is 0 Å². The van der Waals surface area contributed by atoms with E-state index in [0.717, 1.165) is 37.5 Å². The molecule has 5 nitrogen and oxygen atoms in total. The van der Waals surface area contributed by atoms with Gasteiger partial charge in [-0.3, -0.25) is 9.59 Å². The standard InChI is InChI=1S/C24H20N2O3S/c27-22(25-15-17-6-4-5-16(11-17)12-24(28)29)14-23-26-20-10-9-19(13-21(20)30-23)18-7-2-1-3-8-18/h1-11,13H,12,14-15H2,(H,25,27)(H,28,29). The van der Waals surface area contributed by atoms with Crippen LogP contribution in [0.2, 0.25) is 0 Å². The second kappa shape index (κ2) is 8.88. The summed E-state index contributed by atoms with van der Waals surface area (Å²) in [5.74, 6) is -0.983. The predicted octanol–water partition coefficient (Wildman–Crippen LogP) is 4.45. The molecule has 0 atom stereocenters. The van der Waals surface area contributed by atoms with E-state index in [4.69, 9.17) is 5.11 Å². The van der Waals surface area contributed by atoms with Crippen molar-refractivity contribution in [3.05, 3.63) is 88.9 Å². The highest BCUT2D eigenvalue weighted by atomic mass is 32.1. The number of thiazole rings is 1. The Hall–Kier alpha value is -3.51. The van der Waals surface area contributed by atoms with Gasteiger partial charge in [0.25, 0.3) is 0 Å². The van der Waals surface area contributed by atoms with Gasteiger partial charge in [-0.15, -0.1) is 11.3 Å². The highest BCUT2D eigenvalue weighted by Crippen LogP contribution is 2.28. The lowest BCUT2D eigenvalue weighted by Crippen LogP contribution is -2.24. The Balaban J connectivity index is 1.40. The molecule has 1 aromatic heterocycles. The lowest BCUT2D eigenvalue weighted by Gasteiger charge is -2.06. The van der Waals surface area contributed by atoms with Gasteiger partial charge in [0, 0.05) is 6.54 Å². The molecule has 0 fully saturated rings. The average Bonchev–Trinajstić information content (AvgIpc) is 3.14. The van der Waals surface area contributed by atoms with Crippen LogP contribution in [-0.2, 0) is 29.0 Å². The quantitative estimate of drug-likeness (QED) is 0.467. The van der Waals surface area contributed by atoms with Crippen LogP contribution in [0.25, 0.3) is 21.3 Å². The van der Waals surface area contributed by atoms with Crippen molar-refractivity contribution in [1.29, 1.82) is 0 Å². The molecule has 0 saturated carbocycles. The minimum absolute atomic E-state index is 0.0293. The maximum atomic E-state index is 12.4. The number of carboxylic acid groups (broad SMARTS) is 1. The first-order valence-electron chi connectivity index (χ1n) is 9.58. The first-order valence-corrected chi connectivity index (χ1v) is 10.4. The molecule has 0 aliphatic rings. The number of amides is 1. The monoisotopic (exact) mass is 416 g/mol. The third-order valence-electron chi connectivity index (χ3n) is 4.69. The van der Waals surface area contributed by atoms with Crippen molar-refractivity contribution in [2.24, 2.45) is 0 Å². The van der Waals surface area contributed by atoms with Crippen LogP contribution in [0.1, 0.15) is 16.1 Å². The number of aromatic nitrogens is 1.